The predicted molar refractivity (Wildman–Crippen MR) is 78.1 cm³/mol. The number of carbonyl (C=O) groups excluding carboxylic acids is 1. The summed E-state index contributed by atoms with van der Waals surface area (Å²) in [6, 6.07) is 7.83. The molecule has 0 unspecified atom stereocenters. The van der Waals surface area contributed by atoms with Crippen LogP contribution in [0.4, 0.5) is 5.95 Å². The second-order valence-corrected chi connectivity index (χ2v) is 4.55. The number of para-hydroxylation sites is 1. The molecule has 2 aromatic heterocycles. The Morgan fingerprint density at radius 3 is 2.95 bits per heavy atom. The summed E-state index contributed by atoms with van der Waals surface area (Å²) < 4.78 is 1.87. The summed E-state index contributed by atoms with van der Waals surface area (Å²) in [5, 5.41) is 3.60. The fourth-order valence-corrected chi connectivity index (χ4v) is 2.34. The lowest BCUT2D eigenvalue weighted by Crippen LogP contribution is -2.19. The van der Waals surface area contributed by atoms with Crippen LogP contribution < -0.4 is 11.1 Å². The van der Waals surface area contributed by atoms with Gasteiger partial charge in [-0.05, 0) is 6.07 Å². The van der Waals surface area contributed by atoms with Crippen molar-refractivity contribution in [2.75, 3.05) is 12.8 Å². The van der Waals surface area contributed by atoms with Crippen molar-refractivity contribution in [2.24, 2.45) is 0 Å². The summed E-state index contributed by atoms with van der Waals surface area (Å²) in [6.45, 7) is 0.496. The van der Waals surface area contributed by atoms with Gasteiger partial charge in [0.1, 0.15) is 5.52 Å². The molecule has 3 aromatic rings. The number of benzene rings is 1. The molecule has 0 radical (unpaired) electrons. The second kappa shape index (κ2) is 4.80. The molecule has 0 fully saturated rings. The lowest BCUT2D eigenvalue weighted by molar-refractivity contribution is -0.120. The number of hydrogen-bond donors (Lipinski definition) is 2. The van der Waals surface area contributed by atoms with Gasteiger partial charge in [-0.1, -0.05) is 18.2 Å². The predicted octanol–water partition coefficient (Wildman–Crippen LogP) is 1.30. The number of aromatic nitrogens is 3. The van der Waals surface area contributed by atoms with E-state index >= 15 is 0 Å². The smallest absolute Gasteiger partial charge is 0.221 e. The molecule has 0 spiro atoms. The number of imidazole rings is 1. The Hall–Kier alpha value is -2.63. The van der Waals surface area contributed by atoms with Crippen LogP contribution in [-0.4, -0.2) is 27.5 Å². The Labute approximate surface area is 115 Å². The van der Waals surface area contributed by atoms with Crippen molar-refractivity contribution in [1.29, 1.82) is 0 Å². The maximum absolute atomic E-state index is 11.4. The van der Waals surface area contributed by atoms with Gasteiger partial charge in [-0.25, -0.2) is 4.98 Å². The average Bonchev–Trinajstić information content (AvgIpc) is 2.80. The van der Waals surface area contributed by atoms with E-state index in [0.29, 0.717) is 18.9 Å². The fourth-order valence-electron chi connectivity index (χ4n) is 2.34. The van der Waals surface area contributed by atoms with Gasteiger partial charge < -0.3 is 15.6 Å². The molecule has 20 heavy (non-hydrogen) atoms. The maximum atomic E-state index is 11.4. The SMILES string of the molecule is CNC(=O)CCn1c(N)nc2cnc3ccccc3c21. The lowest BCUT2D eigenvalue weighted by atomic mass is 10.2. The van der Waals surface area contributed by atoms with Crippen LogP contribution in [0.15, 0.2) is 30.5 Å². The lowest BCUT2D eigenvalue weighted by Gasteiger charge is -2.07. The third-order valence-electron chi connectivity index (χ3n) is 3.35. The quantitative estimate of drug-likeness (QED) is 0.750. The topological polar surface area (TPSA) is 85.8 Å². The molecule has 0 bridgehead atoms. The molecule has 0 saturated heterocycles. The zero-order chi connectivity index (χ0) is 14.1. The molecule has 6 heteroatoms. The Morgan fingerprint density at radius 1 is 1.35 bits per heavy atom. The van der Waals surface area contributed by atoms with E-state index in [1.807, 2.05) is 28.8 Å². The van der Waals surface area contributed by atoms with E-state index in [-0.39, 0.29) is 5.91 Å². The third-order valence-corrected chi connectivity index (χ3v) is 3.35. The summed E-state index contributed by atoms with van der Waals surface area (Å²) in [7, 11) is 1.62. The Kier molecular flexibility index (Phi) is 2.98. The Bertz CT molecular complexity index is 793. The molecule has 6 nitrogen and oxygen atoms in total. The van der Waals surface area contributed by atoms with Gasteiger partial charge in [0.15, 0.2) is 0 Å². The molecule has 2 heterocycles. The fraction of sp³-hybridized carbons (Fsp3) is 0.214. The molecule has 0 aliphatic heterocycles. The number of nitrogens with zero attached hydrogens (tertiary/aromatic N) is 3. The van der Waals surface area contributed by atoms with E-state index in [9.17, 15) is 4.79 Å². The van der Waals surface area contributed by atoms with Gasteiger partial charge in [-0.2, -0.15) is 0 Å². The molecule has 3 N–H and O–H groups in total. The summed E-state index contributed by atoms with van der Waals surface area (Å²) in [6.07, 6.45) is 2.08. The average molecular weight is 269 g/mol. The van der Waals surface area contributed by atoms with Crippen LogP contribution >= 0.6 is 0 Å². The van der Waals surface area contributed by atoms with E-state index in [2.05, 4.69) is 15.3 Å². The third kappa shape index (κ3) is 1.95. The number of hydrogen-bond acceptors (Lipinski definition) is 4. The minimum Gasteiger partial charge on any atom is -0.369 e. The first-order chi connectivity index (χ1) is 9.70. The molecule has 1 amide bonds. The van der Waals surface area contributed by atoms with Gasteiger partial charge in [-0.15, -0.1) is 0 Å². The van der Waals surface area contributed by atoms with Crippen LogP contribution in [0, 0.1) is 0 Å². The standard InChI is InChI=1S/C14H15N5O/c1-16-12(20)6-7-19-13-9-4-2-3-5-10(9)17-8-11(13)18-14(19)15/h2-5,8H,6-7H2,1H3,(H2,15,18)(H,16,20). The van der Waals surface area contributed by atoms with Crippen molar-refractivity contribution < 1.29 is 4.79 Å². The number of anilines is 1. The largest absolute Gasteiger partial charge is 0.369 e. The summed E-state index contributed by atoms with van der Waals surface area (Å²) in [4.78, 5) is 20.1. The highest BCUT2D eigenvalue weighted by Crippen LogP contribution is 2.25. The molecular formula is C14H15N5O. The first kappa shape index (κ1) is 12.4. The van der Waals surface area contributed by atoms with E-state index in [1.165, 1.54) is 0 Å². The minimum absolute atomic E-state index is 0.0235. The number of nitrogens with two attached hydrogens (primary N) is 1. The summed E-state index contributed by atoms with van der Waals surface area (Å²) in [5.74, 6) is 0.381. The number of aryl methyl sites for hydroxylation is 1. The molecule has 0 atom stereocenters. The Morgan fingerprint density at radius 2 is 2.15 bits per heavy atom. The first-order valence-corrected chi connectivity index (χ1v) is 6.40. The number of fused-ring (bicyclic) bond motifs is 3. The summed E-state index contributed by atoms with van der Waals surface area (Å²) in [5.41, 5.74) is 8.53. The number of carbonyl (C=O) groups is 1. The van der Waals surface area contributed by atoms with Crippen LogP contribution in [-0.2, 0) is 11.3 Å². The van der Waals surface area contributed by atoms with E-state index in [1.54, 1.807) is 13.2 Å². The van der Waals surface area contributed by atoms with Crippen molar-refractivity contribution in [3.05, 3.63) is 30.5 Å². The van der Waals surface area contributed by atoms with Crippen molar-refractivity contribution in [1.82, 2.24) is 19.9 Å². The summed E-state index contributed by atoms with van der Waals surface area (Å²) >= 11 is 0. The monoisotopic (exact) mass is 269 g/mol. The number of nitrogen functional groups attached to an aromatic ring is 1. The van der Waals surface area contributed by atoms with Gasteiger partial charge in [0.05, 0.1) is 17.2 Å². The number of pyridine rings is 1. The molecule has 0 aliphatic rings. The molecule has 102 valence electrons. The van der Waals surface area contributed by atoms with Crippen molar-refractivity contribution in [3.63, 3.8) is 0 Å². The molecule has 3 rings (SSSR count). The van der Waals surface area contributed by atoms with Crippen LogP contribution in [0.2, 0.25) is 0 Å². The van der Waals surface area contributed by atoms with E-state index in [0.717, 1.165) is 21.9 Å². The van der Waals surface area contributed by atoms with Crippen LogP contribution in [0.25, 0.3) is 21.9 Å². The van der Waals surface area contributed by atoms with Crippen LogP contribution in [0.3, 0.4) is 0 Å². The van der Waals surface area contributed by atoms with Crippen molar-refractivity contribution in [3.8, 4) is 0 Å². The zero-order valence-electron chi connectivity index (χ0n) is 11.1. The second-order valence-electron chi connectivity index (χ2n) is 4.55. The number of rotatable bonds is 3. The zero-order valence-corrected chi connectivity index (χ0v) is 11.1. The van der Waals surface area contributed by atoms with Gasteiger partial charge in [0.25, 0.3) is 0 Å². The maximum Gasteiger partial charge on any atom is 0.221 e. The highest BCUT2D eigenvalue weighted by Gasteiger charge is 2.12. The molecule has 1 aromatic carbocycles. The van der Waals surface area contributed by atoms with E-state index in [4.69, 9.17) is 5.73 Å². The van der Waals surface area contributed by atoms with Crippen molar-refractivity contribution in [2.45, 2.75) is 13.0 Å². The minimum atomic E-state index is -0.0235. The van der Waals surface area contributed by atoms with Crippen molar-refractivity contribution >= 4 is 33.8 Å². The van der Waals surface area contributed by atoms with Crippen LogP contribution in [0.1, 0.15) is 6.42 Å². The number of nitrogens with one attached hydrogen (secondary N) is 1. The first-order valence-electron chi connectivity index (χ1n) is 6.40. The molecule has 0 saturated carbocycles. The van der Waals surface area contributed by atoms with Gasteiger partial charge in [-0.3, -0.25) is 9.78 Å². The van der Waals surface area contributed by atoms with Gasteiger partial charge in [0.2, 0.25) is 11.9 Å². The highest BCUT2D eigenvalue weighted by atomic mass is 16.1. The molecular weight excluding hydrogens is 254 g/mol. The van der Waals surface area contributed by atoms with Crippen LogP contribution in [0.5, 0.6) is 0 Å². The van der Waals surface area contributed by atoms with E-state index < -0.39 is 0 Å². The number of amides is 1. The van der Waals surface area contributed by atoms with Gasteiger partial charge in [0, 0.05) is 25.4 Å². The highest BCUT2D eigenvalue weighted by molar-refractivity contribution is 6.02. The molecule has 0 aliphatic carbocycles. The van der Waals surface area contributed by atoms with Gasteiger partial charge >= 0.3 is 0 Å². The normalized spacial score (nSPS) is 11.1. The Balaban J connectivity index is 2.17.